The molecule has 7 heteroatoms. The Bertz CT molecular complexity index is 527. The van der Waals surface area contributed by atoms with Crippen LogP contribution in [0.5, 0.6) is 5.75 Å². The molecular formula is C16H24FN3O3. The van der Waals surface area contributed by atoms with Crippen LogP contribution >= 0.6 is 0 Å². The first-order valence-electron chi connectivity index (χ1n) is 7.87. The second-order valence-electron chi connectivity index (χ2n) is 5.59. The van der Waals surface area contributed by atoms with Gasteiger partial charge in [-0.25, -0.2) is 9.18 Å². The molecule has 1 heterocycles. The van der Waals surface area contributed by atoms with Crippen LogP contribution in [0, 0.1) is 5.82 Å². The van der Waals surface area contributed by atoms with Crippen molar-refractivity contribution < 1.29 is 19.0 Å². The van der Waals surface area contributed by atoms with Crippen molar-refractivity contribution in [2.75, 3.05) is 38.7 Å². The number of piperidine rings is 1. The number of nitrogens with one attached hydrogen (secondary N) is 2. The van der Waals surface area contributed by atoms with Gasteiger partial charge in [-0.2, -0.15) is 0 Å². The van der Waals surface area contributed by atoms with Crippen LogP contribution < -0.4 is 15.4 Å². The fourth-order valence-corrected chi connectivity index (χ4v) is 2.76. The number of rotatable bonds is 6. The van der Waals surface area contributed by atoms with E-state index in [4.69, 9.17) is 4.74 Å². The van der Waals surface area contributed by atoms with Crippen molar-refractivity contribution in [1.29, 1.82) is 0 Å². The number of carbonyl (C=O) groups is 1. The highest BCUT2D eigenvalue weighted by Crippen LogP contribution is 2.20. The van der Waals surface area contributed by atoms with Crippen molar-refractivity contribution in [2.24, 2.45) is 0 Å². The summed E-state index contributed by atoms with van der Waals surface area (Å²) in [4.78, 5) is 14.0. The molecule has 2 rings (SSSR count). The van der Waals surface area contributed by atoms with Gasteiger partial charge in [0.25, 0.3) is 0 Å². The topological polar surface area (TPSA) is 73.8 Å². The van der Waals surface area contributed by atoms with Crippen LogP contribution in [-0.4, -0.2) is 55.4 Å². The first-order chi connectivity index (χ1) is 11.1. The summed E-state index contributed by atoms with van der Waals surface area (Å²) >= 11 is 0. The van der Waals surface area contributed by atoms with Crippen LogP contribution in [0.2, 0.25) is 0 Å². The van der Waals surface area contributed by atoms with Crippen molar-refractivity contribution >= 4 is 11.7 Å². The van der Waals surface area contributed by atoms with Crippen molar-refractivity contribution in [3.05, 3.63) is 24.0 Å². The summed E-state index contributed by atoms with van der Waals surface area (Å²) in [5.74, 6) is -0.149. The summed E-state index contributed by atoms with van der Waals surface area (Å²) in [5.41, 5.74) is 0.106. The van der Waals surface area contributed by atoms with Gasteiger partial charge in [0.15, 0.2) is 0 Å². The summed E-state index contributed by atoms with van der Waals surface area (Å²) < 4.78 is 18.7. The molecule has 0 saturated carbocycles. The molecule has 128 valence electrons. The molecule has 0 aliphatic carbocycles. The molecule has 0 unspecified atom stereocenters. The van der Waals surface area contributed by atoms with E-state index in [0.717, 1.165) is 25.8 Å². The number of ether oxygens (including phenoxy) is 1. The summed E-state index contributed by atoms with van der Waals surface area (Å²) in [6.45, 7) is 2.19. The minimum atomic E-state index is -0.545. The average molecular weight is 325 g/mol. The highest BCUT2D eigenvalue weighted by Gasteiger charge is 2.21. The molecule has 2 amide bonds. The number of anilines is 1. The Balaban J connectivity index is 1.76. The van der Waals surface area contributed by atoms with Gasteiger partial charge >= 0.3 is 6.03 Å². The van der Waals surface area contributed by atoms with Gasteiger partial charge in [-0.05, 0) is 31.5 Å². The molecule has 1 fully saturated rings. The quantitative estimate of drug-likeness (QED) is 0.746. The SMILES string of the molecule is COc1ccc(NC(=O)NCCN2CCCC[C@H]2CO)c(F)c1. The number of hydrogen-bond donors (Lipinski definition) is 3. The van der Waals surface area contributed by atoms with Gasteiger partial charge in [0, 0.05) is 25.2 Å². The first kappa shape index (κ1) is 17.5. The van der Waals surface area contributed by atoms with E-state index in [2.05, 4.69) is 15.5 Å². The number of amides is 2. The molecule has 23 heavy (non-hydrogen) atoms. The highest BCUT2D eigenvalue weighted by molar-refractivity contribution is 5.89. The fraction of sp³-hybridized carbons (Fsp3) is 0.562. The summed E-state index contributed by atoms with van der Waals surface area (Å²) in [5, 5.41) is 14.5. The lowest BCUT2D eigenvalue weighted by atomic mass is 10.0. The van der Waals surface area contributed by atoms with E-state index in [1.807, 2.05) is 0 Å². The van der Waals surface area contributed by atoms with E-state index < -0.39 is 11.8 Å². The molecule has 3 N–H and O–H groups in total. The van der Waals surface area contributed by atoms with Gasteiger partial charge in [-0.1, -0.05) is 6.42 Å². The smallest absolute Gasteiger partial charge is 0.319 e. The van der Waals surface area contributed by atoms with E-state index in [9.17, 15) is 14.3 Å². The van der Waals surface area contributed by atoms with E-state index in [1.54, 1.807) is 6.07 Å². The molecule has 1 aromatic rings. The Kier molecular flexibility index (Phi) is 6.61. The Hall–Kier alpha value is -1.86. The number of benzene rings is 1. The maximum atomic E-state index is 13.7. The number of nitrogens with zero attached hydrogens (tertiary/aromatic N) is 1. The van der Waals surface area contributed by atoms with Gasteiger partial charge in [0.1, 0.15) is 11.6 Å². The van der Waals surface area contributed by atoms with Gasteiger partial charge < -0.3 is 20.5 Å². The third-order valence-corrected chi connectivity index (χ3v) is 4.07. The van der Waals surface area contributed by atoms with Gasteiger partial charge in [0.2, 0.25) is 0 Å². The maximum Gasteiger partial charge on any atom is 0.319 e. The molecule has 1 aliphatic rings. The normalized spacial score (nSPS) is 18.5. The zero-order valence-electron chi connectivity index (χ0n) is 13.3. The molecule has 1 atom stereocenters. The first-order valence-corrected chi connectivity index (χ1v) is 7.87. The van der Waals surface area contributed by atoms with Gasteiger partial charge in [0.05, 0.1) is 19.4 Å². The lowest BCUT2D eigenvalue weighted by molar-refractivity contribution is 0.0917. The van der Waals surface area contributed by atoms with E-state index in [-0.39, 0.29) is 18.3 Å². The third kappa shape index (κ3) is 5.07. The predicted molar refractivity (Wildman–Crippen MR) is 86.3 cm³/mol. The van der Waals surface area contributed by atoms with E-state index in [1.165, 1.54) is 19.2 Å². The van der Waals surface area contributed by atoms with Crippen LogP contribution in [0.1, 0.15) is 19.3 Å². The van der Waals surface area contributed by atoms with Gasteiger partial charge in [-0.15, -0.1) is 0 Å². The third-order valence-electron chi connectivity index (χ3n) is 4.07. The van der Waals surface area contributed by atoms with Crippen LogP contribution in [-0.2, 0) is 0 Å². The molecule has 1 aromatic carbocycles. The maximum absolute atomic E-state index is 13.7. The summed E-state index contributed by atoms with van der Waals surface area (Å²) in [7, 11) is 1.45. The molecule has 1 aliphatic heterocycles. The lowest BCUT2D eigenvalue weighted by Gasteiger charge is -2.34. The van der Waals surface area contributed by atoms with E-state index >= 15 is 0 Å². The Morgan fingerprint density at radius 3 is 3.00 bits per heavy atom. The standard InChI is InChI=1S/C16H24FN3O3/c1-23-13-5-6-15(14(17)10-13)19-16(22)18-7-9-20-8-3-2-4-12(20)11-21/h5-6,10,12,21H,2-4,7-9,11H2,1H3,(H2,18,19,22)/t12-/m0/s1. The molecule has 0 radical (unpaired) electrons. The zero-order valence-corrected chi connectivity index (χ0v) is 13.3. The van der Waals surface area contributed by atoms with Crippen LogP contribution in [0.3, 0.4) is 0 Å². The number of urea groups is 1. The summed E-state index contributed by atoms with van der Waals surface area (Å²) in [6.07, 6.45) is 3.23. The Morgan fingerprint density at radius 1 is 1.48 bits per heavy atom. The summed E-state index contributed by atoms with van der Waals surface area (Å²) in [6, 6.07) is 3.98. The molecule has 1 saturated heterocycles. The molecule has 0 spiro atoms. The Labute approximate surface area is 135 Å². The van der Waals surface area contributed by atoms with Crippen LogP contribution in [0.25, 0.3) is 0 Å². The lowest BCUT2D eigenvalue weighted by Crippen LogP contribution is -2.46. The number of likely N-dealkylation sites (tertiary alicyclic amines) is 1. The van der Waals surface area contributed by atoms with Crippen LogP contribution in [0.4, 0.5) is 14.9 Å². The molecule has 0 bridgehead atoms. The molecular weight excluding hydrogens is 301 g/mol. The van der Waals surface area contributed by atoms with Crippen molar-refractivity contribution in [3.63, 3.8) is 0 Å². The zero-order chi connectivity index (χ0) is 16.7. The minimum absolute atomic E-state index is 0.106. The number of aliphatic hydroxyl groups is 1. The number of hydrogen-bond acceptors (Lipinski definition) is 4. The second-order valence-corrected chi connectivity index (χ2v) is 5.59. The number of methoxy groups -OCH3 is 1. The number of halogens is 1. The van der Waals surface area contributed by atoms with Crippen molar-refractivity contribution in [3.8, 4) is 5.75 Å². The van der Waals surface area contributed by atoms with Crippen LogP contribution in [0.15, 0.2) is 18.2 Å². The van der Waals surface area contributed by atoms with E-state index in [0.29, 0.717) is 18.8 Å². The monoisotopic (exact) mass is 325 g/mol. The van der Waals surface area contributed by atoms with Gasteiger partial charge in [-0.3, -0.25) is 4.90 Å². The predicted octanol–water partition coefficient (Wildman–Crippen LogP) is 1.80. The molecule has 6 nitrogen and oxygen atoms in total. The largest absolute Gasteiger partial charge is 0.497 e. The second kappa shape index (κ2) is 8.69. The van der Waals surface area contributed by atoms with Crippen molar-refractivity contribution in [2.45, 2.75) is 25.3 Å². The number of aliphatic hydroxyl groups excluding tert-OH is 1. The average Bonchev–Trinajstić information content (AvgIpc) is 2.57. The minimum Gasteiger partial charge on any atom is -0.497 e. The Morgan fingerprint density at radius 2 is 2.30 bits per heavy atom. The molecule has 0 aromatic heterocycles. The fourth-order valence-electron chi connectivity index (χ4n) is 2.76. The number of carbonyl (C=O) groups excluding carboxylic acids is 1. The highest BCUT2D eigenvalue weighted by atomic mass is 19.1. The van der Waals surface area contributed by atoms with Crippen molar-refractivity contribution in [1.82, 2.24) is 10.2 Å².